The minimum atomic E-state index is -0.609. The summed E-state index contributed by atoms with van der Waals surface area (Å²) in [6.45, 7) is 8.74. The molecule has 0 saturated carbocycles. The van der Waals surface area contributed by atoms with Crippen molar-refractivity contribution < 1.29 is 5.11 Å². The van der Waals surface area contributed by atoms with E-state index in [2.05, 4.69) is 27.4 Å². The monoisotopic (exact) mass is 514 g/mol. The molecule has 150 valence electrons. The number of thiophene rings is 1. The summed E-state index contributed by atoms with van der Waals surface area (Å²) in [4.78, 5) is 7.93. The molecule has 1 fully saturated rings. The van der Waals surface area contributed by atoms with E-state index in [0.29, 0.717) is 16.9 Å². The van der Waals surface area contributed by atoms with Crippen LogP contribution >= 0.6 is 46.9 Å². The fourth-order valence-electron chi connectivity index (χ4n) is 3.10. The third-order valence-electron chi connectivity index (χ3n) is 4.54. The van der Waals surface area contributed by atoms with Crippen molar-refractivity contribution in [3.8, 4) is 0 Å². The zero-order chi connectivity index (χ0) is 18.1. The van der Waals surface area contributed by atoms with Crippen molar-refractivity contribution in [3.05, 3.63) is 21.3 Å². The molecule has 1 saturated heterocycles. The molecular formula is C18H32ClIN4OS. The van der Waals surface area contributed by atoms with E-state index in [0.717, 1.165) is 36.9 Å². The molecule has 8 heteroatoms. The van der Waals surface area contributed by atoms with Crippen molar-refractivity contribution in [2.24, 2.45) is 4.99 Å². The summed E-state index contributed by atoms with van der Waals surface area (Å²) in [6, 6.07) is 4.37. The Labute approximate surface area is 183 Å². The van der Waals surface area contributed by atoms with Crippen LogP contribution in [0.5, 0.6) is 0 Å². The third-order valence-corrected chi connectivity index (χ3v) is 5.88. The lowest BCUT2D eigenvalue weighted by atomic mass is 10.0. The fourth-order valence-corrected chi connectivity index (χ4v) is 4.13. The van der Waals surface area contributed by atoms with Crippen LogP contribution in [0.25, 0.3) is 0 Å². The van der Waals surface area contributed by atoms with Crippen LogP contribution < -0.4 is 10.6 Å². The van der Waals surface area contributed by atoms with Gasteiger partial charge in [0.2, 0.25) is 0 Å². The molecule has 1 aliphatic rings. The number of halogens is 2. The van der Waals surface area contributed by atoms with Gasteiger partial charge in [0, 0.05) is 30.6 Å². The quantitative estimate of drug-likeness (QED) is 0.213. The number of hydrogen-bond donors (Lipinski definition) is 3. The molecule has 2 atom stereocenters. The van der Waals surface area contributed by atoms with E-state index in [1.165, 1.54) is 37.1 Å². The number of guanidine groups is 1. The molecule has 2 rings (SSSR count). The van der Waals surface area contributed by atoms with Gasteiger partial charge in [-0.1, -0.05) is 18.0 Å². The number of piperidine rings is 1. The average Bonchev–Trinajstić information content (AvgIpc) is 3.04. The maximum atomic E-state index is 10.2. The molecule has 2 unspecified atom stereocenters. The van der Waals surface area contributed by atoms with E-state index in [-0.39, 0.29) is 24.0 Å². The van der Waals surface area contributed by atoms with Gasteiger partial charge < -0.3 is 20.6 Å². The molecule has 1 aromatic heterocycles. The SMILES string of the molecule is CCNC(=NCC(O)c1ccc(Cl)s1)NCCCN1CCCCC1C.I. The molecule has 0 radical (unpaired) electrons. The summed E-state index contributed by atoms with van der Waals surface area (Å²) in [6.07, 6.45) is 4.50. The van der Waals surface area contributed by atoms with Crippen molar-refractivity contribution in [1.82, 2.24) is 15.5 Å². The molecule has 1 aromatic rings. The standard InChI is InChI=1S/C18H31ClN4OS.HI/c1-3-20-18(22-13-15(24)16-8-9-17(19)25-16)21-10-6-12-23-11-5-4-7-14(23)2;/h8-9,14-15,24H,3-7,10-13H2,1-2H3,(H2,20,21,22);1H. The van der Waals surface area contributed by atoms with Gasteiger partial charge in [-0.05, 0) is 51.8 Å². The normalized spacial score (nSPS) is 19.7. The summed E-state index contributed by atoms with van der Waals surface area (Å²) in [5.41, 5.74) is 0. The Hall–Kier alpha value is -0.0900. The molecule has 26 heavy (non-hydrogen) atoms. The Morgan fingerprint density at radius 3 is 2.88 bits per heavy atom. The fraction of sp³-hybridized carbons (Fsp3) is 0.722. The molecule has 0 amide bonds. The molecule has 0 spiro atoms. The predicted octanol–water partition coefficient (Wildman–Crippen LogP) is 3.87. The van der Waals surface area contributed by atoms with Crippen LogP contribution in [0.1, 0.15) is 50.5 Å². The molecule has 0 aromatic carbocycles. The van der Waals surface area contributed by atoms with Crippen LogP contribution in [-0.2, 0) is 0 Å². The highest BCUT2D eigenvalue weighted by Crippen LogP contribution is 2.26. The van der Waals surface area contributed by atoms with Crippen LogP contribution in [0, 0.1) is 0 Å². The first-order valence-corrected chi connectivity index (χ1v) is 10.5. The third kappa shape index (κ3) is 8.29. The first-order chi connectivity index (χ1) is 12.1. The molecule has 5 nitrogen and oxygen atoms in total. The van der Waals surface area contributed by atoms with E-state index in [1.54, 1.807) is 6.07 Å². The topological polar surface area (TPSA) is 59.9 Å². The first kappa shape index (κ1) is 23.9. The number of likely N-dealkylation sites (tertiary alicyclic amines) is 1. The van der Waals surface area contributed by atoms with Crippen molar-refractivity contribution in [3.63, 3.8) is 0 Å². The van der Waals surface area contributed by atoms with Gasteiger partial charge in [-0.3, -0.25) is 4.99 Å². The molecular weight excluding hydrogens is 483 g/mol. The second-order valence-electron chi connectivity index (χ2n) is 6.54. The predicted molar refractivity (Wildman–Crippen MR) is 123 cm³/mol. The van der Waals surface area contributed by atoms with Crippen LogP contribution in [-0.4, -0.2) is 54.7 Å². The van der Waals surface area contributed by atoms with Crippen molar-refractivity contribution in [1.29, 1.82) is 0 Å². The lowest BCUT2D eigenvalue weighted by Crippen LogP contribution is -2.41. The second-order valence-corrected chi connectivity index (χ2v) is 8.29. The van der Waals surface area contributed by atoms with Crippen LogP contribution in [0.2, 0.25) is 4.34 Å². The van der Waals surface area contributed by atoms with E-state index >= 15 is 0 Å². The number of rotatable bonds is 8. The van der Waals surface area contributed by atoms with Crippen molar-refractivity contribution >= 4 is 52.9 Å². The Morgan fingerprint density at radius 2 is 2.23 bits per heavy atom. The van der Waals surface area contributed by atoms with Crippen LogP contribution in [0.3, 0.4) is 0 Å². The largest absolute Gasteiger partial charge is 0.386 e. The highest BCUT2D eigenvalue weighted by Gasteiger charge is 2.17. The molecule has 0 bridgehead atoms. The van der Waals surface area contributed by atoms with Crippen LogP contribution in [0.4, 0.5) is 0 Å². The Bertz CT molecular complexity index is 543. The maximum absolute atomic E-state index is 10.2. The first-order valence-electron chi connectivity index (χ1n) is 9.29. The highest BCUT2D eigenvalue weighted by molar-refractivity contribution is 14.0. The Balaban J connectivity index is 0.00000338. The van der Waals surface area contributed by atoms with Gasteiger partial charge in [-0.25, -0.2) is 0 Å². The van der Waals surface area contributed by atoms with Crippen LogP contribution in [0.15, 0.2) is 17.1 Å². The smallest absolute Gasteiger partial charge is 0.191 e. The van der Waals surface area contributed by atoms with E-state index in [4.69, 9.17) is 11.6 Å². The summed E-state index contributed by atoms with van der Waals surface area (Å²) in [5, 5.41) is 16.8. The van der Waals surface area contributed by atoms with Gasteiger partial charge in [0.25, 0.3) is 0 Å². The Morgan fingerprint density at radius 1 is 1.42 bits per heavy atom. The summed E-state index contributed by atoms with van der Waals surface area (Å²) < 4.78 is 0.690. The number of aliphatic imine (C=N–C) groups is 1. The number of nitrogens with one attached hydrogen (secondary N) is 2. The lowest BCUT2D eigenvalue weighted by Gasteiger charge is -2.33. The van der Waals surface area contributed by atoms with Gasteiger partial charge in [-0.2, -0.15) is 0 Å². The summed E-state index contributed by atoms with van der Waals surface area (Å²) >= 11 is 7.32. The number of aliphatic hydroxyl groups is 1. The Kier molecular flexibility index (Phi) is 12.1. The van der Waals surface area contributed by atoms with Gasteiger partial charge in [0.05, 0.1) is 10.9 Å². The van der Waals surface area contributed by atoms with Gasteiger partial charge in [0.15, 0.2) is 5.96 Å². The average molecular weight is 515 g/mol. The van der Waals surface area contributed by atoms with E-state index in [1.807, 2.05) is 13.0 Å². The lowest BCUT2D eigenvalue weighted by molar-refractivity contribution is 0.159. The van der Waals surface area contributed by atoms with Gasteiger partial charge in [-0.15, -0.1) is 35.3 Å². The zero-order valence-electron chi connectivity index (χ0n) is 15.7. The zero-order valence-corrected chi connectivity index (χ0v) is 19.6. The van der Waals surface area contributed by atoms with Crippen molar-refractivity contribution in [2.75, 3.05) is 32.7 Å². The minimum absolute atomic E-state index is 0. The van der Waals surface area contributed by atoms with E-state index in [9.17, 15) is 5.11 Å². The maximum Gasteiger partial charge on any atom is 0.191 e. The van der Waals surface area contributed by atoms with Gasteiger partial charge in [0.1, 0.15) is 6.10 Å². The highest BCUT2D eigenvalue weighted by atomic mass is 127. The second kappa shape index (κ2) is 13.1. The number of aliphatic hydroxyl groups excluding tert-OH is 1. The van der Waals surface area contributed by atoms with Crippen molar-refractivity contribution in [2.45, 2.75) is 51.7 Å². The van der Waals surface area contributed by atoms with Gasteiger partial charge >= 0.3 is 0 Å². The summed E-state index contributed by atoms with van der Waals surface area (Å²) in [7, 11) is 0. The number of nitrogens with zero attached hydrogens (tertiary/aromatic N) is 2. The van der Waals surface area contributed by atoms with E-state index < -0.39 is 6.10 Å². The summed E-state index contributed by atoms with van der Waals surface area (Å²) in [5.74, 6) is 0.760. The molecule has 0 aliphatic carbocycles. The number of hydrogen-bond acceptors (Lipinski definition) is 4. The molecule has 2 heterocycles. The minimum Gasteiger partial charge on any atom is -0.386 e. The molecule has 3 N–H and O–H groups in total. The molecule has 1 aliphatic heterocycles.